The number of rotatable bonds is 4. The summed E-state index contributed by atoms with van der Waals surface area (Å²) >= 11 is 0. The lowest BCUT2D eigenvalue weighted by Gasteiger charge is -2.35. The van der Waals surface area contributed by atoms with Crippen LogP contribution >= 0.6 is 0 Å². The van der Waals surface area contributed by atoms with E-state index in [4.69, 9.17) is 0 Å². The van der Waals surface area contributed by atoms with Gasteiger partial charge < -0.3 is 0 Å². The van der Waals surface area contributed by atoms with E-state index < -0.39 is 0 Å². The highest BCUT2D eigenvalue weighted by atomic mass is 14.5. The normalized spacial score (nSPS) is 14.5. The standard InChI is InChI=1S/C28H26/c1-5-24-25-17-16-21(4)19-27(25)28(26(24)18-20(2)3,22-12-8-6-9-13-22)23-14-10-7-11-15-23/h5-19H,1H2,2-4H3. The Morgan fingerprint density at radius 1 is 0.821 bits per heavy atom. The van der Waals surface area contributed by atoms with Gasteiger partial charge in [0.1, 0.15) is 0 Å². The Morgan fingerprint density at radius 3 is 1.89 bits per heavy atom. The van der Waals surface area contributed by atoms with E-state index in [1.165, 1.54) is 44.5 Å². The van der Waals surface area contributed by atoms with Crippen LogP contribution in [0.5, 0.6) is 0 Å². The third-order valence-corrected chi connectivity index (χ3v) is 5.61. The second-order valence-corrected chi connectivity index (χ2v) is 7.78. The molecule has 0 amide bonds. The van der Waals surface area contributed by atoms with Crippen molar-refractivity contribution in [3.8, 4) is 0 Å². The van der Waals surface area contributed by atoms with Crippen LogP contribution in [0.4, 0.5) is 0 Å². The highest BCUT2D eigenvalue weighted by molar-refractivity contribution is 5.91. The minimum absolute atomic E-state index is 0.343. The molecule has 0 heteroatoms. The van der Waals surface area contributed by atoms with Crippen molar-refractivity contribution in [2.75, 3.05) is 0 Å². The molecule has 0 unspecified atom stereocenters. The maximum atomic E-state index is 4.19. The van der Waals surface area contributed by atoms with Gasteiger partial charge in [0, 0.05) is 0 Å². The molecule has 0 bridgehead atoms. The molecule has 0 spiro atoms. The summed E-state index contributed by atoms with van der Waals surface area (Å²) in [4.78, 5) is 0. The molecule has 4 rings (SSSR count). The maximum absolute atomic E-state index is 4.19. The van der Waals surface area contributed by atoms with Crippen molar-refractivity contribution >= 4 is 5.57 Å². The smallest absolute Gasteiger partial charge is 0.0713 e. The molecule has 1 aliphatic carbocycles. The average molecular weight is 363 g/mol. The molecule has 138 valence electrons. The van der Waals surface area contributed by atoms with Gasteiger partial charge in [-0.15, -0.1) is 0 Å². The maximum Gasteiger partial charge on any atom is 0.0713 e. The zero-order valence-corrected chi connectivity index (χ0v) is 16.9. The molecule has 0 saturated carbocycles. The van der Waals surface area contributed by atoms with E-state index >= 15 is 0 Å². The fourth-order valence-corrected chi connectivity index (χ4v) is 4.55. The molecule has 0 fully saturated rings. The quantitative estimate of drug-likeness (QED) is 0.458. The number of benzene rings is 3. The second-order valence-electron chi connectivity index (χ2n) is 7.78. The second kappa shape index (κ2) is 7.13. The predicted molar refractivity (Wildman–Crippen MR) is 120 cm³/mol. The lowest BCUT2D eigenvalue weighted by Crippen LogP contribution is -2.29. The lowest BCUT2D eigenvalue weighted by atomic mass is 9.66. The highest BCUT2D eigenvalue weighted by Gasteiger charge is 2.46. The summed E-state index contributed by atoms with van der Waals surface area (Å²) in [6.07, 6.45) is 4.36. The van der Waals surface area contributed by atoms with Crippen LogP contribution in [0.2, 0.25) is 0 Å². The van der Waals surface area contributed by atoms with Crippen molar-refractivity contribution in [2.45, 2.75) is 26.2 Å². The molecular formula is C28H26. The number of aryl methyl sites for hydroxylation is 1. The van der Waals surface area contributed by atoms with Gasteiger partial charge in [0.05, 0.1) is 5.41 Å². The molecule has 1 aliphatic rings. The molecule has 0 saturated heterocycles. The van der Waals surface area contributed by atoms with Crippen LogP contribution in [-0.2, 0) is 5.41 Å². The molecule has 0 N–H and O–H groups in total. The summed E-state index contributed by atoms with van der Waals surface area (Å²) in [6, 6.07) is 28.6. The Hall–Kier alpha value is -3.12. The molecule has 0 atom stereocenters. The van der Waals surface area contributed by atoms with Gasteiger partial charge in [0.2, 0.25) is 0 Å². The van der Waals surface area contributed by atoms with Crippen LogP contribution in [-0.4, -0.2) is 0 Å². The van der Waals surface area contributed by atoms with Gasteiger partial charge in [0.25, 0.3) is 0 Å². The van der Waals surface area contributed by atoms with Crippen LogP contribution in [0.1, 0.15) is 41.7 Å². The topological polar surface area (TPSA) is 0 Å². The minimum atomic E-state index is -0.343. The molecule has 28 heavy (non-hydrogen) atoms. The number of fused-ring (bicyclic) bond motifs is 1. The molecule has 0 aromatic heterocycles. The first-order chi connectivity index (χ1) is 13.6. The van der Waals surface area contributed by atoms with E-state index in [0.717, 1.165) is 0 Å². The van der Waals surface area contributed by atoms with Crippen LogP contribution in [0.15, 0.2) is 109 Å². The van der Waals surface area contributed by atoms with E-state index in [1.54, 1.807) is 0 Å². The Labute approximate surface area is 168 Å². The van der Waals surface area contributed by atoms with Gasteiger partial charge in [-0.25, -0.2) is 0 Å². The highest BCUT2D eigenvalue weighted by Crippen LogP contribution is 2.55. The van der Waals surface area contributed by atoms with Crippen LogP contribution < -0.4 is 0 Å². The Balaban J connectivity index is 2.23. The van der Waals surface area contributed by atoms with E-state index in [-0.39, 0.29) is 5.41 Å². The first-order valence-corrected chi connectivity index (χ1v) is 9.83. The molecular weight excluding hydrogens is 336 g/mol. The molecule has 0 aliphatic heterocycles. The van der Waals surface area contributed by atoms with Gasteiger partial charge in [-0.05, 0) is 54.2 Å². The Bertz CT molecular complexity index is 1040. The summed E-state index contributed by atoms with van der Waals surface area (Å²) in [7, 11) is 0. The van der Waals surface area contributed by atoms with Crippen LogP contribution in [0.25, 0.3) is 5.57 Å². The molecule has 0 radical (unpaired) electrons. The monoisotopic (exact) mass is 362 g/mol. The van der Waals surface area contributed by atoms with E-state index in [9.17, 15) is 0 Å². The Morgan fingerprint density at radius 2 is 1.39 bits per heavy atom. The lowest BCUT2D eigenvalue weighted by molar-refractivity contribution is 0.759. The van der Waals surface area contributed by atoms with E-state index in [0.29, 0.717) is 0 Å². The molecule has 0 heterocycles. The summed E-state index contributed by atoms with van der Waals surface area (Å²) in [5, 5.41) is 0. The minimum Gasteiger partial charge on any atom is -0.0984 e. The predicted octanol–water partition coefficient (Wildman–Crippen LogP) is 7.25. The Kier molecular flexibility index (Phi) is 4.65. The summed E-state index contributed by atoms with van der Waals surface area (Å²) in [5.74, 6) is 0. The zero-order valence-electron chi connectivity index (χ0n) is 16.9. The first-order valence-electron chi connectivity index (χ1n) is 9.83. The van der Waals surface area contributed by atoms with E-state index in [2.05, 4.69) is 112 Å². The first kappa shape index (κ1) is 18.3. The van der Waals surface area contributed by atoms with Crippen LogP contribution in [0.3, 0.4) is 0 Å². The van der Waals surface area contributed by atoms with Crippen molar-refractivity contribution in [2.24, 2.45) is 0 Å². The van der Waals surface area contributed by atoms with Crippen molar-refractivity contribution in [1.82, 2.24) is 0 Å². The van der Waals surface area contributed by atoms with Gasteiger partial charge in [0.15, 0.2) is 0 Å². The summed E-state index contributed by atoms with van der Waals surface area (Å²) < 4.78 is 0. The zero-order chi connectivity index (χ0) is 19.7. The number of allylic oxidation sites excluding steroid dienone is 5. The van der Waals surface area contributed by atoms with Gasteiger partial charge in [-0.1, -0.05) is 109 Å². The summed E-state index contributed by atoms with van der Waals surface area (Å²) in [5.41, 5.74) is 9.95. The number of hydrogen-bond donors (Lipinski definition) is 0. The molecule has 0 nitrogen and oxygen atoms in total. The van der Waals surface area contributed by atoms with E-state index in [1.807, 2.05) is 6.08 Å². The van der Waals surface area contributed by atoms with Crippen molar-refractivity contribution in [1.29, 1.82) is 0 Å². The molecule has 3 aromatic rings. The van der Waals surface area contributed by atoms with Gasteiger partial charge in [-0.2, -0.15) is 0 Å². The fourth-order valence-electron chi connectivity index (χ4n) is 4.55. The van der Waals surface area contributed by atoms with Gasteiger partial charge in [-0.3, -0.25) is 0 Å². The molecule has 3 aromatic carbocycles. The fraction of sp³-hybridized carbons (Fsp3) is 0.143. The number of hydrogen-bond acceptors (Lipinski definition) is 0. The van der Waals surface area contributed by atoms with Crippen LogP contribution in [0, 0.1) is 6.92 Å². The summed E-state index contributed by atoms with van der Waals surface area (Å²) in [6.45, 7) is 10.7. The van der Waals surface area contributed by atoms with Crippen molar-refractivity contribution in [3.05, 3.63) is 137 Å². The third-order valence-electron chi connectivity index (χ3n) is 5.61. The SMILES string of the molecule is C=CC1=C(C=C(C)C)C(c2ccccc2)(c2ccccc2)c2cc(C)ccc21. The largest absolute Gasteiger partial charge is 0.0984 e. The van der Waals surface area contributed by atoms with Crippen molar-refractivity contribution < 1.29 is 0 Å². The van der Waals surface area contributed by atoms with Gasteiger partial charge >= 0.3 is 0 Å². The average Bonchev–Trinajstić information content (AvgIpc) is 2.98. The third kappa shape index (κ3) is 2.68. The van der Waals surface area contributed by atoms with Crippen molar-refractivity contribution in [3.63, 3.8) is 0 Å².